The molecule has 1 N–H and O–H groups in total. The minimum Gasteiger partial charge on any atom is -0.388 e. The molecule has 272 valence electrons. The zero-order valence-electron chi connectivity index (χ0n) is 29.6. The maximum absolute atomic E-state index is 14.2. The number of hydrogen-bond donors (Lipinski definition) is 1. The molecule has 1 amide bonds. The molecule has 2 aromatic carbocycles. The summed E-state index contributed by atoms with van der Waals surface area (Å²) in [5, 5.41) is 13.8. The molecule has 0 saturated carbocycles. The van der Waals surface area contributed by atoms with Crippen molar-refractivity contribution in [1.82, 2.24) is 33.9 Å². The summed E-state index contributed by atoms with van der Waals surface area (Å²) in [7, 11) is 0. The number of benzene rings is 2. The van der Waals surface area contributed by atoms with E-state index < -0.39 is 5.60 Å². The molecule has 0 radical (unpaired) electrons. The lowest BCUT2D eigenvalue weighted by Gasteiger charge is -2.43. The molecule has 2 aliphatic rings. The normalized spacial score (nSPS) is 19.1. The van der Waals surface area contributed by atoms with Gasteiger partial charge in [0, 0.05) is 84.3 Å². The fourth-order valence-electron chi connectivity index (χ4n) is 7.81. The highest BCUT2D eigenvalue weighted by molar-refractivity contribution is 7.15. The molecule has 6 heterocycles. The van der Waals surface area contributed by atoms with Gasteiger partial charge in [-0.3, -0.25) is 24.0 Å². The summed E-state index contributed by atoms with van der Waals surface area (Å²) in [6.45, 7) is 5.93. The molecule has 2 atom stereocenters. The fraction of sp³-hybridized carbons (Fsp3) is 0.341. The molecule has 4 aromatic heterocycles. The number of halogens is 1. The Labute approximate surface area is 317 Å². The van der Waals surface area contributed by atoms with Crippen molar-refractivity contribution in [3.8, 4) is 10.6 Å². The van der Waals surface area contributed by atoms with E-state index in [1.54, 1.807) is 17.4 Å². The predicted octanol–water partition coefficient (Wildman–Crippen LogP) is 6.39. The second-order valence-electron chi connectivity index (χ2n) is 14.5. The summed E-state index contributed by atoms with van der Waals surface area (Å²) in [5.41, 5.74) is 3.53. The first-order chi connectivity index (χ1) is 25.7. The number of thiazole rings is 1. The van der Waals surface area contributed by atoms with Crippen LogP contribution in [0.15, 0.2) is 103 Å². The van der Waals surface area contributed by atoms with Crippen LogP contribution in [-0.2, 0) is 24.4 Å². The summed E-state index contributed by atoms with van der Waals surface area (Å²) < 4.78 is 3.45. The van der Waals surface area contributed by atoms with E-state index in [1.807, 2.05) is 83.5 Å². The maximum Gasteiger partial charge on any atom is 0.262 e. The Bertz CT molecular complexity index is 2260. The largest absolute Gasteiger partial charge is 0.388 e. The van der Waals surface area contributed by atoms with Crippen molar-refractivity contribution in [3.63, 3.8) is 0 Å². The van der Waals surface area contributed by atoms with Gasteiger partial charge < -0.3 is 14.6 Å². The van der Waals surface area contributed by atoms with E-state index in [0.717, 1.165) is 47.9 Å². The number of carbonyl (C=O) groups is 1. The molecule has 2 fully saturated rings. The third-order valence-electron chi connectivity index (χ3n) is 10.8. The molecule has 10 nitrogen and oxygen atoms in total. The lowest BCUT2D eigenvalue weighted by molar-refractivity contribution is -0.142. The summed E-state index contributed by atoms with van der Waals surface area (Å²) in [6, 6.07) is 23.8. The van der Waals surface area contributed by atoms with Crippen LogP contribution >= 0.6 is 22.9 Å². The quantitative estimate of drug-likeness (QED) is 0.183. The lowest BCUT2D eigenvalue weighted by atomic mass is 9.79. The van der Waals surface area contributed by atoms with Gasteiger partial charge in [-0.2, -0.15) is 0 Å². The van der Waals surface area contributed by atoms with E-state index in [1.165, 1.54) is 21.3 Å². The fourth-order valence-corrected chi connectivity index (χ4v) is 8.88. The molecule has 12 heteroatoms. The number of amides is 1. The number of aliphatic hydroxyl groups is 1. The smallest absolute Gasteiger partial charge is 0.262 e. The Hall–Kier alpha value is -4.68. The number of rotatable bonds is 9. The van der Waals surface area contributed by atoms with Crippen LogP contribution < -0.4 is 5.56 Å². The summed E-state index contributed by atoms with van der Waals surface area (Å²) in [6.07, 6.45) is 8.77. The lowest BCUT2D eigenvalue weighted by Crippen LogP contribution is -2.53. The minimum absolute atomic E-state index is 0.0512. The highest BCUT2D eigenvalue weighted by Gasteiger charge is 2.41. The van der Waals surface area contributed by atoms with Crippen molar-refractivity contribution >= 4 is 39.9 Å². The second-order valence-corrected chi connectivity index (χ2v) is 16.1. The topological polar surface area (TPSA) is 109 Å². The van der Waals surface area contributed by atoms with Crippen molar-refractivity contribution in [2.45, 2.75) is 57.3 Å². The molecule has 0 bridgehead atoms. The number of likely N-dealkylation sites (tertiary alicyclic amines) is 2. The zero-order chi connectivity index (χ0) is 36.5. The van der Waals surface area contributed by atoms with Gasteiger partial charge >= 0.3 is 0 Å². The molecule has 8 rings (SSSR count). The molecule has 0 spiro atoms. The zero-order valence-corrected chi connectivity index (χ0v) is 31.2. The summed E-state index contributed by atoms with van der Waals surface area (Å²) in [5.74, 6) is 0.0479. The van der Waals surface area contributed by atoms with E-state index in [2.05, 4.69) is 38.1 Å². The van der Waals surface area contributed by atoms with Gasteiger partial charge in [-0.15, -0.1) is 11.3 Å². The van der Waals surface area contributed by atoms with Crippen LogP contribution in [-0.4, -0.2) is 76.7 Å². The third kappa shape index (κ3) is 7.70. The second kappa shape index (κ2) is 15.0. The van der Waals surface area contributed by atoms with Crippen LogP contribution in [0.5, 0.6) is 0 Å². The highest BCUT2D eigenvalue weighted by atomic mass is 35.5. The van der Waals surface area contributed by atoms with Crippen LogP contribution in [0.25, 0.3) is 21.6 Å². The summed E-state index contributed by atoms with van der Waals surface area (Å²) in [4.78, 5) is 47.1. The number of aryl methyl sites for hydroxylation is 1. The Kier molecular flexibility index (Phi) is 9.99. The first kappa shape index (κ1) is 35.4. The number of hydrogen-bond acceptors (Lipinski definition) is 8. The van der Waals surface area contributed by atoms with E-state index in [4.69, 9.17) is 11.6 Å². The van der Waals surface area contributed by atoms with Crippen molar-refractivity contribution in [3.05, 3.63) is 135 Å². The maximum atomic E-state index is 14.2. The third-order valence-corrected chi connectivity index (χ3v) is 12.1. The first-order valence-electron chi connectivity index (χ1n) is 18.2. The van der Waals surface area contributed by atoms with E-state index >= 15 is 0 Å². The Balaban J connectivity index is 0.914. The predicted molar refractivity (Wildman–Crippen MR) is 208 cm³/mol. The molecular weight excluding hydrogens is 706 g/mol. The number of fused-ring (bicyclic) bond motifs is 1. The van der Waals surface area contributed by atoms with Gasteiger partial charge in [-0.25, -0.2) is 9.97 Å². The van der Waals surface area contributed by atoms with E-state index in [-0.39, 0.29) is 29.8 Å². The average molecular weight is 748 g/mol. The number of carbonyl (C=O) groups excluding carboxylic acids is 1. The van der Waals surface area contributed by atoms with Crippen molar-refractivity contribution in [2.75, 3.05) is 26.2 Å². The monoisotopic (exact) mass is 747 g/mol. The van der Waals surface area contributed by atoms with Gasteiger partial charge in [-0.05, 0) is 74.2 Å². The number of piperidine rings is 2. The Morgan fingerprint density at radius 1 is 0.925 bits per heavy atom. The van der Waals surface area contributed by atoms with Gasteiger partial charge in [-0.1, -0.05) is 54.1 Å². The first-order valence-corrected chi connectivity index (χ1v) is 19.4. The van der Waals surface area contributed by atoms with Gasteiger partial charge in [0.25, 0.3) is 5.56 Å². The van der Waals surface area contributed by atoms with Gasteiger partial charge in [0.05, 0.1) is 17.5 Å². The van der Waals surface area contributed by atoms with E-state index in [0.29, 0.717) is 48.5 Å². The molecule has 6 aromatic rings. The molecule has 0 unspecified atom stereocenters. The highest BCUT2D eigenvalue weighted by Crippen LogP contribution is 2.37. The molecule has 2 saturated heterocycles. The molecule has 0 aliphatic carbocycles. The SMILES string of the molecule is Cc1ccc(-c2ncc(CN3CC[C@@H](C(=O)N4CCC(O)(Cn5cnc6c(ccn6Cc6ccc(Cl)cc6)c5=O)CC4)[C@H](c4ccccc4)C3)s2)cn1. The molecular formula is C41H42ClN7O3S. The van der Waals surface area contributed by atoms with E-state index in [9.17, 15) is 14.7 Å². The number of pyridine rings is 1. The van der Waals surface area contributed by atoms with Crippen LogP contribution in [0.3, 0.4) is 0 Å². The minimum atomic E-state index is -1.12. The number of nitrogens with zero attached hydrogens (tertiary/aromatic N) is 7. The number of aromatic nitrogens is 5. The Morgan fingerprint density at radius 3 is 2.47 bits per heavy atom. The van der Waals surface area contributed by atoms with Crippen molar-refractivity contribution < 1.29 is 9.90 Å². The molecule has 53 heavy (non-hydrogen) atoms. The van der Waals surface area contributed by atoms with Crippen LogP contribution in [0.4, 0.5) is 0 Å². The average Bonchev–Trinajstić information content (AvgIpc) is 3.82. The Morgan fingerprint density at radius 2 is 1.72 bits per heavy atom. The standard InChI is InChI=1S/C41H42ClN7O3S/c1-28-7-10-31(21-43-28)38-44-22-33(53-38)24-46-17-13-34(36(25-46)30-5-3-2-4-6-30)39(50)47-19-15-41(52,16-20-47)26-49-27-45-37-35(40(49)51)14-18-48(37)23-29-8-11-32(42)12-9-29/h2-12,14,18,21-22,27,34,36,52H,13,15-17,19-20,23-26H2,1H3/t34-,36+/m1/s1. The van der Waals surface area contributed by atoms with Crippen molar-refractivity contribution in [2.24, 2.45) is 5.92 Å². The van der Waals surface area contributed by atoms with Gasteiger partial charge in [0.15, 0.2) is 0 Å². The summed E-state index contributed by atoms with van der Waals surface area (Å²) >= 11 is 7.74. The van der Waals surface area contributed by atoms with Gasteiger partial charge in [0.1, 0.15) is 17.0 Å². The van der Waals surface area contributed by atoms with Crippen LogP contribution in [0, 0.1) is 12.8 Å². The van der Waals surface area contributed by atoms with Crippen LogP contribution in [0.1, 0.15) is 46.9 Å². The van der Waals surface area contributed by atoms with Crippen molar-refractivity contribution in [1.29, 1.82) is 0 Å². The van der Waals surface area contributed by atoms with Gasteiger partial charge in [0.2, 0.25) is 5.91 Å². The van der Waals surface area contributed by atoms with Crippen LogP contribution in [0.2, 0.25) is 5.02 Å². The molecule has 2 aliphatic heterocycles.